The summed E-state index contributed by atoms with van der Waals surface area (Å²) in [4.78, 5) is 4.57. The van der Waals surface area contributed by atoms with Crippen molar-refractivity contribution >= 4 is 21.6 Å². The molecule has 0 radical (unpaired) electrons. The van der Waals surface area contributed by atoms with Gasteiger partial charge in [-0.25, -0.2) is 4.98 Å². The van der Waals surface area contributed by atoms with E-state index in [0.717, 1.165) is 28.9 Å². The third-order valence-corrected chi connectivity index (χ3v) is 3.89. The van der Waals surface area contributed by atoms with E-state index in [4.69, 9.17) is 0 Å². The minimum atomic E-state index is 0.813. The number of nitrogens with one attached hydrogen (secondary N) is 1. The van der Waals surface area contributed by atoms with Gasteiger partial charge in [0.05, 0.1) is 11.4 Å². The van der Waals surface area contributed by atoms with Crippen LogP contribution in [0.25, 0.3) is 5.65 Å². The minimum absolute atomic E-state index is 0.813. The average molecular weight is 330 g/mol. The summed E-state index contributed by atoms with van der Waals surface area (Å²) in [5, 5.41) is 3.48. The molecule has 0 fully saturated rings. The van der Waals surface area contributed by atoms with Crippen molar-refractivity contribution in [3.8, 4) is 0 Å². The van der Waals surface area contributed by atoms with E-state index in [2.05, 4.69) is 68.0 Å². The van der Waals surface area contributed by atoms with Gasteiger partial charge in [-0.15, -0.1) is 0 Å². The smallest absolute Gasteiger partial charge is 0.137 e. The van der Waals surface area contributed by atoms with Gasteiger partial charge in [0.1, 0.15) is 5.65 Å². The van der Waals surface area contributed by atoms with Crippen LogP contribution in [-0.4, -0.2) is 9.38 Å². The summed E-state index contributed by atoms with van der Waals surface area (Å²) < 4.78 is 3.25. The van der Waals surface area contributed by atoms with E-state index in [1.807, 2.05) is 18.2 Å². The maximum Gasteiger partial charge on any atom is 0.137 e. The van der Waals surface area contributed by atoms with Crippen molar-refractivity contribution in [2.45, 2.75) is 20.0 Å². The van der Waals surface area contributed by atoms with Gasteiger partial charge in [-0.3, -0.25) is 0 Å². The fourth-order valence-corrected chi connectivity index (χ4v) is 2.57. The van der Waals surface area contributed by atoms with E-state index in [9.17, 15) is 0 Å². The van der Waals surface area contributed by atoms with Gasteiger partial charge in [0.25, 0.3) is 0 Å². The van der Waals surface area contributed by atoms with Crippen molar-refractivity contribution in [3.63, 3.8) is 0 Å². The third-order valence-electron chi connectivity index (χ3n) is 3.36. The number of nitrogens with zero attached hydrogens (tertiary/aromatic N) is 2. The molecular formula is C16H16BrN3. The van der Waals surface area contributed by atoms with Gasteiger partial charge >= 0.3 is 0 Å². The zero-order valence-corrected chi connectivity index (χ0v) is 12.9. The highest BCUT2D eigenvalue weighted by atomic mass is 79.9. The number of imidazole rings is 1. The highest BCUT2D eigenvalue weighted by molar-refractivity contribution is 9.10. The van der Waals surface area contributed by atoms with Crippen LogP contribution >= 0.6 is 15.9 Å². The predicted octanol–water partition coefficient (Wildman–Crippen LogP) is 3.70. The summed E-state index contributed by atoms with van der Waals surface area (Å²) in [7, 11) is 0. The number of halogens is 1. The van der Waals surface area contributed by atoms with Gasteiger partial charge in [-0.2, -0.15) is 0 Å². The molecule has 0 unspecified atom stereocenters. The molecule has 3 aromatic rings. The second-order valence-electron chi connectivity index (χ2n) is 4.80. The van der Waals surface area contributed by atoms with E-state index in [1.54, 1.807) is 0 Å². The first kappa shape index (κ1) is 13.3. The molecule has 102 valence electrons. The molecule has 4 heteroatoms. The van der Waals surface area contributed by atoms with Crippen LogP contribution in [0.1, 0.15) is 17.0 Å². The Morgan fingerprint density at radius 3 is 2.70 bits per heavy atom. The molecule has 3 nitrogen and oxygen atoms in total. The highest BCUT2D eigenvalue weighted by Crippen LogP contribution is 2.13. The number of hydrogen-bond acceptors (Lipinski definition) is 2. The van der Waals surface area contributed by atoms with E-state index in [-0.39, 0.29) is 0 Å². The summed E-state index contributed by atoms with van der Waals surface area (Å²) in [5.74, 6) is 0. The normalized spacial score (nSPS) is 11.1. The molecule has 1 aromatic carbocycles. The van der Waals surface area contributed by atoms with Gasteiger partial charge < -0.3 is 9.72 Å². The van der Waals surface area contributed by atoms with Gasteiger partial charge in [-0.05, 0) is 36.8 Å². The second-order valence-corrected chi connectivity index (χ2v) is 5.72. The quantitative estimate of drug-likeness (QED) is 0.790. The largest absolute Gasteiger partial charge is 0.307 e. The van der Waals surface area contributed by atoms with Crippen LogP contribution in [0.5, 0.6) is 0 Å². The zero-order chi connectivity index (χ0) is 13.9. The second kappa shape index (κ2) is 5.77. The van der Waals surface area contributed by atoms with Crippen LogP contribution < -0.4 is 5.32 Å². The standard InChI is InChI=1S/C16H16BrN3/c1-12-15(20-9-3-2-4-16(20)19-12)11-18-10-13-5-7-14(17)8-6-13/h2-9,18H,10-11H2,1H3. The Kier molecular flexibility index (Phi) is 3.85. The fourth-order valence-electron chi connectivity index (χ4n) is 2.30. The zero-order valence-electron chi connectivity index (χ0n) is 11.3. The van der Waals surface area contributed by atoms with Crippen molar-refractivity contribution in [1.82, 2.24) is 14.7 Å². The van der Waals surface area contributed by atoms with Crippen LogP contribution in [0, 0.1) is 6.92 Å². The molecule has 0 amide bonds. The Morgan fingerprint density at radius 2 is 1.90 bits per heavy atom. The number of pyridine rings is 1. The Morgan fingerprint density at radius 1 is 1.10 bits per heavy atom. The van der Waals surface area contributed by atoms with Crippen molar-refractivity contribution in [2.75, 3.05) is 0 Å². The van der Waals surface area contributed by atoms with Crippen molar-refractivity contribution in [1.29, 1.82) is 0 Å². The summed E-state index contributed by atoms with van der Waals surface area (Å²) in [5.41, 5.74) is 4.59. The van der Waals surface area contributed by atoms with Crippen LogP contribution in [0.3, 0.4) is 0 Å². The SMILES string of the molecule is Cc1nc2ccccn2c1CNCc1ccc(Br)cc1. The first-order valence-corrected chi connectivity index (χ1v) is 7.41. The van der Waals surface area contributed by atoms with Gasteiger partial charge in [-0.1, -0.05) is 34.1 Å². The van der Waals surface area contributed by atoms with Crippen molar-refractivity contribution < 1.29 is 0 Å². The monoisotopic (exact) mass is 329 g/mol. The van der Waals surface area contributed by atoms with Gasteiger partial charge in [0, 0.05) is 23.8 Å². The van der Waals surface area contributed by atoms with Crippen molar-refractivity contribution in [3.05, 3.63) is 70.1 Å². The maximum absolute atomic E-state index is 4.57. The molecular weight excluding hydrogens is 314 g/mol. The Balaban J connectivity index is 1.71. The summed E-state index contributed by atoms with van der Waals surface area (Å²) in [6.07, 6.45) is 2.06. The molecule has 20 heavy (non-hydrogen) atoms. The summed E-state index contributed by atoms with van der Waals surface area (Å²) in [6.45, 7) is 3.73. The average Bonchev–Trinajstić information content (AvgIpc) is 2.77. The lowest BCUT2D eigenvalue weighted by Crippen LogP contribution is -2.14. The maximum atomic E-state index is 4.57. The van der Waals surface area contributed by atoms with Crippen LogP contribution in [0.15, 0.2) is 53.1 Å². The van der Waals surface area contributed by atoms with Crippen LogP contribution in [0.4, 0.5) is 0 Å². The van der Waals surface area contributed by atoms with Gasteiger partial charge in [0.2, 0.25) is 0 Å². The lowest BCUT2D eigenvalue weighted by Gasteiger charge is -2.06. The Labute approximate surface area is 126 Å². The molecule has 0 aliphatic rings. The summed E-state index contributed by atoms with van der Waals surface area (Å²) >= 11 is 3.45. The first-order valence-electron chi connectivity index (χ1n) is 6.62. The summed E-state index contributed by atoms with van der Waals surface area (Å²) in [6, 6.07) is 14.5. The molecule has 0 bridgehead atoms. The minimum Gasteiger partial charge on any atom is -0.307 e. The van der Waals surface area contributed by atoms with E-state index in [0.29, 0.717) is 0 Å². The highest BCUT2D eigenvalue weighted by Gasteiger charge is 2.07. The van der Waals surface area contributed by atoms with E-state index >= 15 is 0 Å². The van der Waals surface area contributed by atoms with E-state index < -0.39 is 0 Å². The first-order chi connectivity index (χ1) is 9.74. The molecule has 0 atom stereocenters. The molecule has 0 saturated heterocycles. The molecule has 0 saturated carbocycles. The number of benzene rings is 1. The number of hydrogen-bond donors (Lipinski definition) is 1. The molecule has 0 aliphatic carbocycles. The molecule has 3 rings (SSSR count). The van der Waals surface area contributed by atoms with Crippen LogP contribution in [-0.2, 0) is 13.1 Å². The topological polar surface area (TPSA) is 29.3 Å². The van der Waals surface area contributed by atoms with Gasteiger partial charge in [0.15, 0.2) is 0 Å². The van der Waals surface area contributed by atoms with Crippen molar-refractivity contribution in [2.24, 2.45) is 0 Å². The molecule has 0 aliphatic heterocycles. The third kappa shape index (κ3) is 2.76. The Bertz CT molecular complexity index is 716. The number of aryl methyl sites for hydroxylation is 1. The lowest BCUT2D eigenvalue weighted by atomic mass is 10.2. The molecule has 1 N–H and O–H groups in total. The molecule has 0 spiro atoms. The molecule has 2 heterocycles. The predicted molar refractivity (Wildman–Crippen MR) is 84.6 cm³/mol. The fraction of sp³-hybridized carbons (Fsp3) is 0.188. The lowest BCUT2D eigenvalue weighted by molar-refractivity contribution is 0.672. The number of rotatable bonds is 4. The Hall–Kier alpha value is -1.65. The van der Waals surface area contributed by atoms with Crippen LogP contribution in [0.2, 0.25) is 0 Å². The number of aromatic nitrogens is 2. The van der Waals surface area contributed by atoms with E-state index in [1.165, 1.54) is 11.3 Å². The number of fused-ring (bicyclic) bond motifs is 1. The molecule has 2 aromatic heterocycles.